The number of hydrogen-bond acceptors (Lipinski definition) is 9. The number of nitrogens with one attached hydrogen (secondary N) is 1. The molecule has 1 atom stereocenters. The Morgan fingerprint density at radius 1 is 1.13 bits per heavy atom. The van der Waals surface area contributed by atoms with E-state index in [-0.39, 0.29) is 4.59 Å². The largest absolute Gasteiger partial charge is 0.497 e. The third-order valence-corrected chi connectivity index (χ3v) is 5.25. The molecule has 10 nitrogen and oxygen atoms in total. The smallest absolute Gasteiger partial charge is 0.287 e. The van der Waals surface area contributed by atoms with Crippen LogP contribution in [0.5, 0.6) is 17.2 Å². The predicted octanol–water partition coefficient (Wildman–Crippen LogP) is 2.59. The van der Waals surface area contributed by atoms with Crippen LogP contribution in [0.2, 0.25) is 0 Å². The summed E-state index contributed by atoms with van der Waals surface area (Å²) in [4.78, 5) is 15.6. The number of hydrogen-bond donors (Lipinski definition) is 1. The van der Waals surface area contributed by atoms with Gasteiger partial charge in [-0.2, -0.15) is 4.99 Å². The molecular formula is C21H22N7O3+. The number of likely N-dealkylation sites (N-methyl/N-ethyl adjacent to an activating group) is 1. The Morgan fingerprint density at radius 3 is 2.71 bits per heavy atom. The number of benzene rings is 1. The minimum absolute atomic E-state index is 0.0142. The minimum atomic E-state index is 0.0142. The Hall–Kier alpha value is -3.92. The number of fused-ring (bicyclic) bond motifs is 2. The maximum Gasteiger partial charge on any atom is 0.287 e. The van der Waals surface area contributed by atoms with Gasteiger partial charge in [-0.15, -0.1) is 0 Å². The Balaban J connectivity index is 1.53. The standard InChI is InChI=1S/C21H22N7O3/c1-27-5-7-31-18-10-15(12-23-20(18)27)28-6-4-22-13-19(28)25-21(26-28)24-14-8-16(29-2)11-17(9-14)30-3/h4,6,8-13H,5,7H2,1-3H3,(H,24,26)/q+1. The molecule has 0 saturated carbocycles. The molecule has 158 valence electrons. The Kier molecular flexibility index (Phi) is 4.55. The molecule has 4 heterocycles. The van der Waals surface area contributed by atoms with Crippen molar-refractivity contribution in [1.29, 1.82) is 0 Å². The van der Waals surface area contributed by atoms with Gasteiger partial charge in [0.25, 0.3) is 11.8 Å². The van der Waals surface area contributed by atoms with Gasteiger partial charge in [0.2, 0.25) is 0 Å². The summed E-state index contributed by atoms with van der Waals surface area (Å²) in [5, 5.41) is 8.10. The van der Waals surface area contributed by atoms with E-state index >= 15 is 0 Å². The lowest BCUT2D eigenvalue weighted by Gasteiger charge is -2.28. The van der Waals surface area contributed by atoms with Gasteiger partial charge < -0.3 is 24.4 Å². The van der Waals surface area contributed by atoms with Gasteiger partial charge in [0, 0.05) is 30.9 Å². The average molecular weight is 420 g/mol. The summed E-state index contributed by atoms with van der Waals surface area (Å²) in [7, 11) is 5.21. The second-order valence-electron chi connectivity index (χ2n) is 7.17. The maximum atomic E-state index is 5.84. The van der Waals surface area contributed by atoms with Crippen LogP contribution < -0.4 is 29.0 Å². The second kappa shape index (κ2) is 7.40. The van der Waals surface area contributed by atoms with Crippen molar-refractivity contribution in [3.63, 3.8) is 0 Å². The summed E-state index contributed by atoms with van der Waals surface area (Å²) in [5.74, 6) is 3.94. The van der Waals surface area contributed by atoms with Crippen molar-refractivity contribution in [3.8, 4) is 17.2 Å². The zero-order valence-electron chi connectivity index (χ0n) is 17.4. The van der Waals surface area contributed by atoms with Crippen molar-refractivity contribution >= 4 is 35.2 Å². The van der Waals surface area contributed by atoms with Crippen molar-refractivity contribution in [2.75, 3.05) is 44.6 Å². The molecule has 31 heavy (non-hydrogen) atoms. The van der Waals surface area contributed by atoms with E-state index in [9.17, 15) is 0 Å². The van der Waals surface area contributed by atoms with E-state index in [1.54, 1.807) is 38.9 Å². The highest BCUT2D eigenvalue weighted by atomic mass is 16.5. The normalized spacial score (nSPS) is 20.9. The van der Waals surface area contributed by atoms with Crippen LogP contribution in [-0.2, 0) is 0 Å². The first-order valence-corrected chi connectivity index (χ1v) is 9.75. The highest BCUT2D eigenvalue weighted by Gasteiger charge is 2.44. The summed E-state index contributed by atoms with van der Waals surface area (Å²) >= 11 is 0. The third kappa shape index (κ3) is 3.26. The van der Waals surface area contributed by atoms with E-state index in [1.165, 1.54) is 0 Å². The van der Waals surface area contributed by atoms with Gasteiger partial charge in [0.1, 0.15) is 24.3 Å². The van der Waals surface area contributed by atoms with E-state index in [2.05, 4.69) is 25.2 Å². The van der Waals surface area contributed by atoms with Gasteiger partial charge in [-0.25, -0.2) is 4.98 Å². The molecule has 10 heteroatoms. The van der Waals surface area contributed by atoms with Crippen LogP contribution in [0.4, 0.5) is 17.2 Å². The molecule has 0 saturated heterocycles. The molecule has 5 rings (SSSR count). The first-order chi connectivity index (χ1) is 15.1. The number of aromatic nitrogens is 1. The summed E-state index contributed by atoms with van der Waals surface area (Å²) in [6, 6.07) is 7.45. The summed E-state index contributed by atoms with van der Waals surface area (Å²) in [6.45, 7) is 1.41. The van der Waals surface area contributed by atoms with E-state index in [0.717, 1.165) is 29.5 Å². The van der Waals surface area contributed by atoms with Crippen molar-refractivity contribution in [3.05, 3.63) is 42.9 Å². The second-order valence-corrected chi connectivity index (χ2v) is 7.17. The Labute approximate surface area is 179 Å². The molecule has 0 amide bonds. The van der Waals surface area contributed by atoms with E-state index < -0.39 is 0 Å². The zero-order valence-corrected chi connectivity index (χ0v) is 17.4. The van der Waals surface area contributed by atoms with Crippen molar-refractivity contribution < 1.29 is 14.2 Å². The lowest BCUT2D eigenvalue weighted by atomic mass is 10.2. The monoisotopic (exact) mass is 420 g/mol. The van der Waals surface area contributed by atoms with Crippen LogP contribution in [0.15, 0.2) is 57.9 Å². The van der Waals surface area contributed by atoms with E-state index in [4.69, 9.17) is 19.3 Å². The molecule has 1 N–H and O–H groups in total. The third-order valence-electron chi connectivity index (χ3n) is 5.25. The molecule has 0 fully saturated rings. The first-order valence-electron chi connectivity index (χ1n) is 9.75. The lowest BCUT2D eigenvalue weighted by Crippen LogP contribution is -2.44. The van der Waals surface area contributed by atoms with Gasteiger partial charge in [0.15, 0.2) is 23.5 Å². The highest BCUT2D eigenvalue weighted by molar-refractivity contribution is 6.38. The molecule has 0 bridgehead atoms. The minimum Gasteiger partial charge on any atom is -0.497 e. The number of anilines is 2. The van der Waals surface area contributed by atoms with Crippen LogP contribution in [-0.4, -0.2) is 57.4 Å². The topological polar surface area (TPSA) is 92.9 Å². The van der Waals surface area contributed by atoms with Gasteiger partial charge in [-0.3, -0.25) is 4.99 Å². The highest BCUT2D eigenvalue weighted by Crippen LogP contribution is 2.37. The number of guanidine groups is 1. The van der Waals surface area contributed by atoms with Gasteiger partial charge >= 0.3 is 0 Å². The molecule has 3 aliphatic rings. The number of quaternary nitrogens is 1. The van der Waals surface area contributed by atoms with Gasteiger partial charge in [-0.1, -0.05) is 4.59 Å². The number of amidine groups is 1. The van der Waals surface area contributed by atoms with Gasteiger partial charge in [0.05, 0.1) is 39.2 Å². The molecule has 2 aromatic rings. The first kappa shape index (κ1) is 19.1. The lowest BCUT2D eigenvalue weighted by molar-refractivity contribution is 0.308. The van der Waals surface area contributed by atoms with Crippen molar-refractivity contribution in [2.45, 2.75) is 0 Å². The Morgan fingerprint density at radius 2 is 1.94 bits per heavy atom. The quantitative estimate of drug-likeness (QED) is 0.765. The zero-order chi connectivity index (χ0) is 21.4. The summed E-state index contributed by atoms with van der Waals surface area (Å²) in [6.07, 6.45) is 7.04. The number of nitrogens with zero attached hydrogens (tertiary/aromatic N) is 6. The summed E-state index contributed by atoms with van der Waals surface area (Å²) in [5.41, 5.74) is 1.54. The average Bonchev–Trinajstić information content (AvgIpc) is 3.17. The molecule has 1 aromatic heterocycles. The number of aliphatic imine (C=N–C) groups is 2. The van der Waals surface area contributed by atoms with Crippen LogP contribution in [0, 0.1) is 0 Å². The maximum absolute atomic E-state index is 5.84. The van der Waals surface area contributed by atoms with Crippen molar-refractivity contribution in [1.82, 2.24) is 9.58 Å². The molecule has 0 aliphatic carbocycles. The molecule has 0 radical (unpaired) electrons. The van der Waals surface area contributed by atoms with Crippen LogP contribution in [0.1, 0.15) is 0 Å². The predicted molar refractivity (Wildman–Crippen MR) is 120 cm³/mol. The van der Waals surface area contributed by atoms with E-state index in [1.807, 2.05) is 31.4 Å². The molecule has 1 aromatic carbocycles. The fourth-order valence-electron chi connectivity index (χ4n) is 3.62. The molecule has 3 aliphatic heterocycles. The van der Waals surface area contributed by atoms with Crippen molar-refractivity contribution in [2.24, 2.45) is 15.1 Å². The van der Waals surface area contributed by atoms with E-state index in [0.29, 0.717) is 29.9 Å². The number of methoxy groups -OCH3 is 2. The fourth-order valence-corrected chi connectivity index (χ4v) is 3.62. The van der Waals surface area contributed by atoms with Gasteiger partial charge in [-0.05, 0) is 5.10 Å². The number of ether oxygens (including phenoxy) is 3. The number of pyridine rings is 1. The molecule has 1 unspecified atom stereocenters. The van der Waals surface area contributed by atoms with Crippen LogP contribution in [0.3, 0.4) is 0 Å². The Bertz CT molecular complexity index is 1140. The van der Waals surface area contributed by atoms with Crippen LogP contribution >= 0.6 is 0 Å². The fraction of sp³-hybridized carbons (Fsp3) is 0.238. The number of rotatable bonds is 4. The van der Waals surface area contributed by atoms with Crippen LogP contribution in [0.25, 0.3) is 0 Å². The molecular weight excluding hydrogens is 398 g/mol. The SMILES string of the molecule is COc1cc(NC2=N[N+]3(c4cnc5c(c4)OCCN5C)C=CN=CC3=N2)cc(OC)c1. The summed E-state index contributed by atoms with van der Waals surface area (Å²) < 4.78 is 16.6. The molecule has 0 spiro atoms.